The Morgan fingerprint density at radius 2 is 1.69 bits per heavy atom. The number of aromatic amines is 2. The van der Waals surface area contributed by atoms with Gasteiger partial charge in [-0.15, -0.1) is 13.2 Å². The van der Waals surface area contributed by atoms with Gasteiger partial charge in [-0.2, -0.15) is 0 Å². The van der Waals surface area contributed by atoms with Crippen molar-refractivity contribution >= 4 is 39.7 Å². The van der Waals surface area contributed by atoms with Gasteiger partial charge in [-0.1, -0.05) is 32.9 Å². The van der Waals surface area contributed by atoms with Crippen molar-refractivity contribution in [3.05, 3.63) is 60.0 Å². The number of rotatable bonds is 5. The third kappa shape index (κ3) is 5.14. The molecule has 3 amide bonds. The van der Waals surface area contributed by atoms with E-state index in [1.54, 1.807) is 9.80 Å². The van der Waals surface area contributed by atoms with Crippen LogP contribution in [0.1, 0.15) is 48.3 Å². The lowest BCUT2D eigenvalue weighted by molar-refractivity contribution is -0.274. The molecule has 220 valence electrons. The fourth-order valence-corrected chi connectivity index (χ4v) is 5.83. The van der Waals surface area contributed by atoms with Crippen molar-refractivity contribution in [2.45, 2.75) is 51.7 Å². The third-order valence-electron chi connectivity index (χ3n) is 7.84. The molecule has 2 bridgehead atoms. The van der Waals surface area contributed by atoms with Gasteiger partial charge in [0.15, 0.2) is 5.82 Å². The molecule has 0 radical (unpaired) electrons. The number of halogens is 3. The first kappa shape index (κ1) is 27.6. The topological polar surface area (TPSA) is 123 Å². The minimum atomic E-state index is -4.84. The van der Waals surface area contributed by atoms with E-state index in [9.17, 15) is 27.6 Å². The van der Waals surface area contributed by atoms with Crippen LogP contribution in [0.2, 0.25) is 0 Å². The largest absolute Gasteiger partial charge is 0.573 e. The highest BCUT2D eigenvalue weighted by molar-refractivity contribution is 6.01. The van der Waals surface area contributed by atoms with Gasteiger partial charge in [0.2, 0.25) is 5.91 Å². The number of fused-ring (bicyclic) bond motifs is 4. The average molecular weight is 583 g/mol. The summed E-state index contributed by atoms with van der Waals surface area (Å²) >= 11 is 0. The van der Waals surface area contributed by atoms with E-state index in [4.69, 9.17) is 0 Å². The summed E-state index contributed by atoms with van der Waals surface area (Å²) in [7, 11) is 0. The molecule has 0 spiro atoms. The number of carbonyl (C=O) groups excluding carboxylic acids is 3. The van der Waals surface area contributed by atoms with Crippen molar-refractivity contribution in [1.29, 1.82) is 0 Å². The first-order valence-corrected chi connectivity index (χ1v) is 13.5. The lowest BCUT2D eigenvalue weighted by Gasteiger charge is -2.39. The monoisotopic (exact) mass is 582 g/mol. The van der Waals surface area contributed by atoms with E-state index in [1.165, 1.54) is 18.2 Å². The van der Waals surface area contributed by atoms with Crippen molar-refractivity contribution in [3.63, 3.8) is 0 Å². The van der Waals surface area contributed by atoms with E-state index in [-0.39, 0.29) is 35.4 Å². The molecular weight excluding hydrogens is 553 g/mol. The molecule has 10 nitrogen and oxygen atoms in total. The van der Waals surface area contributed by atoms with Gasteiger partial charge in [0.25, 0.3) is 11.8 Å². The van der Waals surface area contributed by atoms with E-state index in [0.29, 0.717) is 35.9 Å². The summed E-state index contributed by atoms with van der Waals surface area (Å²) in [5, 5.41) is 3.18. The number of nitrogens with zero attached hydrogens (tertiary/aromatic N) is 3. The zero-order chi connectivity index (χ0) is 30.0. The summed E-state index contributed by atoms with van der Waals surface area (Å²) in [6, 6.07) is 11.3. The lowest BCUT2D eigenvalue weighted by Crippen LogP contribution is -2.59. The normalized spacial score (nSPS) is 19.5. The molecule has 2 aliphatic heterocycles. The Morgan fingerprint density at radius 3 is 2.36 bits per heavy atom. The second-order valence-electron chi connectivity index (χ2n) is 11.8. The molecule has 13 heteroatoms. The van der Waals surface area contributed by atoms with Crippen molar-refractivity contribution in [2.24, 2.45) is 5.41 Å². The number of benzene rings is 2. The Labute approximate surface area is 238 Å². The smallest absolute Gasteiger partial charge is 0.406 e. The van der Waals surface area contributed by atoms with Crippen LogP contribution in [0, 0.1) is 5.41 Å². The Bertz CT molecular complexity index is 1670. The number of carbonyl (C=O) groups is 3. The summed E-state index contributed by atoms with van der Waals surface area (Å²) in [6.45, 7) is 6.22. The molecule has 3 N–H and O–H groups in total. The van der Waals surface area contributed by atoms with E-state index in [0.717, 1.165) is 11.6 Å². The zero-order valence-corrected chi connectivity index (χ0v) is 23.1. The second-order valence-corrected chi connectivity index (χ2v) is 11.8. The highest BCUT2D eigenvalue weighted by Gasteiger charge is 2.50. The minimum absolute atomic E-state index is 0.0988. The molecule has 2 aliphatic rings. The van der Waals surface area contributed by atoms with Gasteiger partial charge >= 0.3 is 6.36 Å². The van der Waals surface area contributed by atoms with Crippen molar-refractivity contribution < 1.29 is 32.3 Å². The Morgan fingerprint density at radius 1 is 0.976 bits per heavy atom. The van der Waals surface area contributed by atoms with Crippen molar-refractivity contribution in [3.8, 4) is 5.75 Å². The highest BCUT2D eigenvalue weighted by Crippen LogP contribution is 2.34. The summed E-state index contributed by atoms with van der Waals surface area (Å²) in [5.74, 6) is -1.17. The van der Waals surface area contributed by atoms with E-state index in [1.807, 2.05) is 45.0 Å². The number of aromatic nitrogens is 3. The average Bonchev–Trinajstić information content (AvgIpc) is 3.70. The molecule has 42 heavy (non-hydrogen) atoms. The molecule has 0 saturated carbocycles. The van der Waals surface area contributed by atoms with Gasteiger partial charge in [0, 0.05) is 24.0 Å². The number of likely N-dealkylation sites (tertiary alicyclic amines) is 2. The number of amides is 3. The maximum absolute atomic E-state index is 13.8. The van der Waals surface area contributed by atoms with Gasteiger partial charge in [-0.25, -0.2) is 4.98 Å². The molecule has 3 atom stereocenters. The number of piperazine rings is 1. The van der Waals surface area contributed by atoms with Crippen LogP contribution in [0.3, 0.4) is 0 Å². The number of para-hydroxylation sites is 2. The Hall–Kier alpha value is -4.55. The number of alkyl halides is 3. The van der Waals surface area contributed by atoms with Crippen LogP contribution < -0.4 is 10.1 Å². The molecular formula is C29H29F3N6O4. The van der Waals surface area contributed by atoms with Gasteiger partial charge in [0.1, 0.15) is 17.5 Å². The number of ether oxygens (including phenoxy) is 1. The number of H-pyrrole nitrogens is 2. The van der Waals surface area contributed by atoms with Crippen LogP contribution in [0.25, 0.3) is 21.9 Å². The number of nitrogens with one attached hydrogen (secondary N) is 3. The third-order valence-corrected chi connectivity index (χ3v) is 7.84. The van der Waals surface area contributed by atoms with Crippen LogP contribution in [-0.4, -0.2) is 80.1 Å². The van der Waals surface area contributed by atoms with Crippen LogP contribution >= 0.6 is 0 Å². The SMILES string of the molecule is CC(C)(C)[C@H](NC(=O)c1cc2cc(OC(F)(F)F)ccc2[nH]1)C(=O)N1C[C@@H]2C[C@H]1CN2C(=O)c1nc2ccccc2[nH]1. The molecule has 0 aliphatic carbocycles. The molecule has 0 unspecified atom stereocenters. The molecule has 6 rings (SSSR count). The molecule has 2 fully saturated rings. The highest BCUT2D eigenvalue weighted by atomic mass is 19.4. The number of hydrogen-bond donors (Lipinski definition) is 3. The van der Waals surface area contributed by atoms with Gasteiger partial charge in [-0.3, -0.25) is 14.4 Å². The summed E-state index contributed by atoms with van der Waals surface area (Å²) < 4.78 is 41.8. The number of imidazole rings is 1. The van der Waals surface area contributed by atoms with E-state index >= 15 is 0 Å². The maximum atomic E-state index is 13.8. The predicted octanol–water partition coefficient (Wildman–Crippen LogP) is 4.21. The fourth-order valence-electron chi connectivity index (χ4n) is 5.83. The van der Waals surface area contributed by atoms with Gasteiger partial charge in [0.05, 0.1) is 23.1 Å². The van der Waals surface area contributed by atoms with Crippen molar-refractivity contribution in [2.75, 3.05) is 13.1 Å². The van der Waals surface area contributed by atoms with Gasteiger partial charge < -0.3 is 29.8 Å². The lowest BCUT2D eigenvalue weighted by atomic mass is 9.85. The Balaban J connectivity index is 1.15. The minimum Gasteiger partial charge on any atom is -0.406 e. The Kier molecular flexibility index (Phi) is 6.43. The zero-order valence-electron chi connectivity index (χ0n) is 23.1. The molecule has 2 aromatic heterocycles. The summed E-state index contributed by atoms with van der Waals surface area (Å²) in [6.07, 6.45) is -4.20. The molecule has 4 heterocycles. The van der Waals surface area contributed by atoms with Crippen molar-refractivity contribution in [1.82, 2.24) is 30.1 Å². The van der Waals surface area contributed by atoms with E-state index < -0.39 is 29.5 Å². The molecule has 2 aromatic carbocycles. The molecule has 2 saturated heterocycles. The van der Waals surface area contributed by atoms with E-state index in [2.05, 4.69) is 25.0 Å². The quantitative estimate of drug-likeness (QED) is 0.325. The predicted molar refractivity (Wildman–Crippen MR) is 147 cm³/mol. The maximum Gasteiger partial charge on any atom is 0.573 e. The summed E-state index contributed by atoms with van der Waals surface area (Å²) in [4.78, 5) is 54.2. The fraction of sp³-hybridized carbons (Fsp3) is 0.379. The summed E-state index contributed by atoms with van der Waals surface area (Å²) in [5.41, 5.74) is 1.37. The van der Waals surface area contributed by atoms with Gasteiger partial charge in [-0.05, 0) is 48.2 Å². The molecule has 4 aromatic rings. The van der Waals surface area contributed by atoms with Crippen LogP contribution in [0.5, 0.6) is 5.75 Å². The first-order valence-electron chi connectivity index (χ1n) is 13.5. The second kappa shape index (κ2) is 9.78. The van der Waals surface area contributed by atoms with Crippen LogP contribution in [0.4, 0.5) is 13.2 Å². The van der Waals surface area contributed by atoms with Crippen LogP contribution in [-0.2, 0) is 4.79 Å². The first-order chi connectivity index (χ1) is 19.8. The number of hydrogen-bond acceptors (Lipinski definition) is 5. The standard InChI is InChI=1S/C29H29F3N6O4/c1-28(2,3)23(36-25(39)22-11-15-10-18(42-29(30,31)32)8-9-19(15)33-22)26(40)37-13-17-12-16(37)14-38(17)27(41)24-34-20-6-4-5-7-21(20)35-24/h4-11,16-17,23,33H,12-14H2,1-3H3,(H,34,35)(H,36,39)/t16-,17-,23+/m0/s1. The van der Waals surface area contributed by atoms with Crippen LogP contribution in [0.15, 0.2) is 48.5 Å².